The van der Waals surface area contributed by atoms with Crippen molar-refractivity contribution in [2.75, 3.05) is 0 Å². The van der Waals surface area contributed by atoms with Crippen molar-refractivity contribution in [2.24, 2.45) is 0 Å². The maximum Gasteiger partial charge on any atom is 0.307 e. The number of nitrogens with zero attached hydrogens (tertiary/aromatic N) is 1. The van der Waals surface area contributed by atoms with E-state index in [4.69, 9.17) is 10.4 Å². The molecule has 0 radical (unpaired) electrons. The molecule has 1 rings (SSSR count). The monoisotopic (exact) mass is 317 g/mol. The fourth-order valence-corrected chi connectivity index (χ4v) is 2.20. The number of aliphatic carboxylic acids is 1. The van der Waals surface area contributed by atoms with E-state index < -0.39 is 5.97 Å². The number of carboxylic acid groups (broad SMARTS) is 1. The Morgan fingerprint density at radius 2 is 2.07 bits per heavy atom. The summed E-state index contributed by atoms with van der Waals surface area (Å²) >= 11 is 6.44. The summed E-state index contributed by atoms with van der Waals surface area (Å²) in [6.45, 7) is 0. The third-order valence-corrected chi connectivity index (χ3v) is 2.99. The molecule has 1 N–H and O–H groups in total. The number of halogens is 2. The molecule has 3 nitrogen and oxygen atoms in total. The third-order valence-electron chi connectivity index (χ3n) is 1.60. The highest BCUT2D eigenvalue weighted by atomic mass is 79.9. The third kappa shape index (κ3) is 2.56. The second-order valence-corrected chi connectivity index (χ2v) is 4.31. The van der Waals surface area contributed by atoms with E-state index in [0.29, 0.717) is 20.1 Å². The molecule has 0 unspecified atom stereocenters. The summed E-state index contributed by atoms with van der Waals surface area (Å²) in [5.41, 5.74) is 1.03. The van der Waals surface area contributed by atoms with E-state index in [9.17, 15) is 4.79 Å². The maximum atomic E-state index is 10.5. The van der Waals surface area contributed by atoms with Crippen LogP contribution in [0.15, 0.2) is 21.1 Å². The van der Waals surface area contributed by atoms with Gasteiger partial charge in [-0.05, 0) is 33.6 Å². The smallest absolute Gasteiger partial charge is 0.307 e. The van der Waals surface area contributed by atoms with E-state index in [1.807, 2.05) is 6.07 Å². The van der Waals surface area contributed by atoms with Crippen LogP contribution in [-0.4, -0.2) is 11.1 Å². The molecular weight excluding hydrogens is 314 g/mol. The molecule has 5 heteroatoms. The van der Waals surface area contributed by atoms with Gasteiger partial charge in [0, 0.05) is 8.95 Å². The highest BCUT2D eigenvalue weighted by Crippen LogP contribution is 2.26. The van der Waals surface area contributed by atoms with Crippen molar-refractivity contribution in [3.63, 3.8) is 0 Å². The largest absolute Gasteiger partial charge is 0.481 e. The highest BCUT2D eigenvalue weighted by molar-refractivity contribution is 9.11. The number of carboxylic acids is 1. The van der Waals surface area contributed by atoms with Gasteiger partial charge >= 0.3 is 5.97 Å². The second-order valence-electron chi connectivity index (χ2n) is 2.61. The molecule has 72 valence electrons. The van der Waals surface area contributed by atoms with Crippen LogP contribution in [0.2, 0.25) is 0 Å². The van der Waals surface area contributed by atoms with E-state index >= 15 is 0 Å². The second kappa shape index (κ2) is 4.58. The van der Waals surface area contributed by atoms with Gasteiger partial charge in [0.1, 0.15) is 6.07 Å². The molecule has 0 aliphatic carbocycles. The predicted octanol–water partition coefficient (Wildman–Crippen LogP) is 2.71. The predicted molar refractivity (Wildman–Crippen MR) is 57.9 cm³/mol. The van der Waals surface area contributed by atoms with Crippen molar-refractivity contribution in [3.05, 3.63) is 32.2 Å². The van der Waals surface area contributed by atoms with Crippen LogP contribution in [0.5, 0.6) is 0 Å². The Hall–Kier alpha value is -0.860. The Morgan fingerprint density at radius 3 is 2.57 bits per heavy atom. The molecule has 0 saturated heterocycles. The Bertz CT molecular complexity index is 424. The lowest BCUT2D eigenvalue weighted by Crippen LogP contribution is -2.01. The van der Waals surface area contributed by atoms with Gasteiger partial charge < -0.3 is 5.11 Å². The highest BCUT2D eigenvalue weighted by Gasteiger charge is 2.09. The first kappa shape index (κ1) is 11.2. The Labute approximate surface area is 97.6 Å². The zero-order valence-electron chi connectivity index (χ0n) is 6.92. The van der Waals surface area contributed by atoms with Crippen LogP contribution >= 0.6 is 31.9 Å². The molecule has 0 aliphatic heterocycles. The molecule has 0 aromatic heterocycles. The van der Waals surface area contributed by atoms with Crippen LogP contribution in [-0.2, 0) is 11.2 Å². The number of carbonyl (C=O) groups is 1. The number of nitriles is 1. The van der Waals surface area contributed by atoms with Gasteiger partial charge in [0.05, 0.1) is 12.0 Å². The van der Waals surface area contributed by atoms with Crippen LogP contribution in [0.25, 0.3) is 0 Å². The molecule has 1 aromatic rings. The quantitative estimate of drug-likeness (QED) is 0.912. The maximum absolute atomic E-state index is 10.5. The first-order valence-corrected chi connectivity index (χ1v) is 5.23. The summed E-state index contributed by atoms with van der Waals surface area (Å²) < 4.78 is 1.34. The van der Waals surface area contributed by atoms with E-state index in [2.05, 4.69) is 31.9 Å². The number of hydrogen-bond donors (Lipinski definition) is 1. The normalized spacial score (nSPS) is 9.50. The minimum Gasteiger partial charge on any atom is -0.481 e. The van der Waals surface area contributed by atoms with E-state index in [0.717, 1.165) is 0 Å². The molecule has 0 heterocycles. The van der Waals surface area contributed by atoms with Crippen molar-refractivity contribution in [3.8, 4) is 6.07 Å². The van der Waals surface area contributed by atoms with Crippen molar-refractivity contribution in [1.29, 1.82) is 5.26 Å². The van der Waals surface area contributed by atoms with Crippen LogP contribution in [0.1, 0.15) is 11.1 Å². The molecule has 0 aliphatic rings. The van der Waals surface area contributed by atoms with E-state index in [1.165, 1.54) is 0 Å². The zero-order chi connectivity index (χ0) is 10.7. The van der Waals surface area contributed by atoms with Crippen LogP contribution < -0.4 is 0 Å². The molecule has 14 heavy (non-hydrogen) atoms. The van der Waals surface area contributed by atoms with Gasteiger partial charge in [0.25, 0.3) is 0 Å². The lowest BCUT2D eigenvalue weighted by atomic mass is 10.1. The number of hydrogen-bond acceptors (Lipinski definition) is 2. The Balaban J connectivity index is 3.19. The van der Waals surface area contributed by atoms with Crippen molar-refractivity contribution in [2.45, 2.75) is 6.42 Å². The summed E-state index contributed by atoms with van der Waals surface area (Å²) in [7, 11) is 0. The molecular formula is C9H5Br2NO2. The fourth-order valence-electron chi connectivity index (χ4n) is 0.978. The zero-order valence-corrected chi connectivity index (χ0v) is 10.1. The molecule has 0 spiro atoms. The minimum absolute atomic E-state index is 0.0947. The van der Waals surface area contributed by atoms with Gasteiger partial charge in [-0.1, -0.05) is 15.9 Å². The van der Waals surface area contributed by atoms with Gasteiger partial charge in [0.15, 0.2) is 0 Å². The van der Waals surface area contributed by atoms with Gasteiger partial charge in [-0.2, -0.15) is 5.26 Å². The van der Waals surface area contributed by atoms with Gasteiger partial charge in [-0.15, -0.1) is 0 Å². The summed E-state index contributed by atoms with van der Waals surface area (Å²) in [6.07, 6.45) is -0.0947. The van der Waals surface area contributed by atoms with Gasteiger partial charge in [0.2, 0.25) is 0 Å². The summed E-state index contributed by atoms with van der Waals surface area (Å²) in [5.74, 6) is -0.920. The molecule has 0 saturated carbocycles. The summed E-state index contributed by atoms with van der Waals surface area (Å²) in [5, 5.41) is 17.3. The number of benzene rings is 1. The first-order valence-electron chi connectivity index (χ1n) is 3.64. The van der Waals surface area contributed by atoms with Crippen molar-refractivity contribution in [1.82, 2.24) is 0 Å². The minimum atomic E-state index is -0.920. The van der Waals surface area contributed by atoms with E-state index in [1.54, 1.807) is 12.1 Å². The lowest BCUT2D eigenvalue weighted by molar-refractivity contribution is -0.136. The summed E-state index contributed by atoms with van der Waals surface area (Å²) in [4.78, 5) is 10.5. The molecule has 0 atom stereocenters. The fraction of sp³-hybridized carbons (Fsp3) is 0.111. The van der Waals surface area contributed by atoms with Crippen molar-refractivity contribution >= 4 is 37.8 Å². The topological polar surface area (TPSA) is 61.1 Å². The average molecular weight is 319 g/mol. The van der Waals surface area contributed by atoms with Crippen LogP contribution in [0.3, 0.4) is 0 Å². The average Bonchev–Trinajstić information content (AvgIpc) is 2.09. The van der Waals surface area contributed by atoms with Gasteiger partial charge in [-0.3, -0.25) is 4.79 Å². The van der Waals surface area contributed by atoms with Gasteiger partial charge in [-0.25, -0.2) is 0 Å². The molecule has 0 bridgehead atoms. The SMILES string of the molecule is N#Cc1cc(CC(=O)O)c(Br)cc1Br. The molecule has 0 fully saturated rings. The Morgan fingerprint density at radius 1 is 1.43 bits per heavy atom. The van der Waals surface area contributed by atoms with Crippen LogP contribution in [0, 0.1) is 11.3 Å². The standard InChI is InChI=1S/C9H5Br2NO2/c10-7-3-8(11)6(4-12)1-5(7)2-9(13)14/h1,3H,2H2,(H,13,14). The number of rotatable bonds is 2. The molecule has 1 aromatic carbocycles. The summed E-state index contributed by atoms with van der Waals surface area (Å²) in [6, 6.07) is 5.21. The van der Waals surface area contributed by atoms with E-state index in [-0.39, 0.29) is 6.42 Å². The van der Waals surface area contributed by atoms with Crippen LogP contribution in [0.4, 0.5) is 0 Å². The first-order chi connectivity index (χ1) is 6.54. The molecule has 0 amide bonds. The lowest BCUT2D eigenvalue weighted by Gasteiger charge is -2.03. The Kier molecular flexibility index (Phi) is 3.67. The van der Waals surface area contributed by atoms with Crippen molar-refractivity contribution < 1.29 is 9.90 Å².